The predicted molar refractivity (Wildman–Crippen MR) is 92.4 cm³/mol. The van der Waals surface area contributed by atoms with E-state index in [9.17, 15) is 4.79 Å². The molecule has 1 nitrogen and oxygen atoms in total. The van der Waals surface area contributed by atoms with Gasteiger partial charge in [-0.15, -0.1) is 0 Å². The maximum atomic E-state index is 12.6. The molecule has 0 radical (unpaired) electrons. The van der Waals surface area contributed by atoms with E-state index in [0.29, 0.717) is 20.7 Å². The molecule has 0 heterocycles. The summed E-state index contributed by atoms with van der Waals surface area (Å²) in [6.45, 7) is 2.10. The molecule has 2 aromatic rings. The number of carbonyl (C=O) groups is 1. The van der Waals surface area contributed by atoms with Crippen LogP contribution in [0.2, 0.25) is 5.32 Å². The zero-order chi connectivity index (χ0) is 15.4. The molecule has 0 aromatic heterocycles. The fraction of sp³-hybridized carbons (Fsp3) is 0.350. The van der Waals surface area contributed by atoms with Gasteiger partial charge in [-0.05, 0) is 0 Å². The van der Waals surface area contributed by atoms with Crippen LogP contribution < -0.4 is 0 Å². The molecule has 2 aromatic carbocycles. The topological polar surface area (TPSA) is 17.1 Å². The van der Waals surface area contributed by atoms with E-state index in [1.54, 1.807) is 0 Å². The summed E-state index contributed by atoms with van der Waals surface area (Å²) in [5.41, 5.74) is 3.71. The van der Waals surface area contributed by atoms with Gasteiger partial charge in [-0.25, -0.2) is 0 Å². The summed E-state index contributed by atoms with van der Waals surface area (Å²) in [5, 5.41) is 2.16. The first-order valence-corrected chi connectivity index (χ1v) is 10.4. The second kappa shape index (κ2) is 6.81. The molecule has 0 saturated heterocycles. The molecule has 0 spiro atoms. The monoisotopic (exact) mass is 358 g/mol. The van der Waals surface area contributed by atoms with E-state index in [1.165, 1.54) is 16.7 Å². The molecule has 1 saturated carbocycles. The molecule has 0 amide bonds. The summed E-state index contributed by atoms with van der Waals surface area (Å²) in [7, 11) is 0. The van der Waals surface area contributed by atoms with Gasteiger partial charge in [0.05, 0.1) is 0 Å². The molecule has 1 unspecified atom stereocenters. The molecule has 22 heavy (non-hydrogen) atoms. The fourth-order valence-corrected chi connectivity index (χ4v) is 6.09. The Morgan fingerprint density at radius 3 is 2.41 bits per heavy atom. The van der Waals surface area contributed by atoms with Crippen molar-refractivity contribution < 1.29 is 4.79 Å². The van der Waals surface area contributed by atoms with Gasteiger partial charge in [0.1, 0.15) is 0 Å². The van der Waals surface area contributed by atoms with Crippen molar-refractivity contribution >= 4 is 20.7 Å². The van der Waals surface area contributed by atoms with E-state index >= 15 is 0 Å². The average molecular weight is 357 g/mol. The summed E-state index contributed by atoms with van der Waals surface area (Å²) in [6, 6.07) is 19.3. The SMILES string of the molecule is Cc1ccc(C2(C[Se]Cc3ccccc3)CCCC2=O)cc1. The van der Waals surface area contributed by atoms with Crippen LogP contribution in [0.15, 0.2) is 54.6 Å². The summed E-state index contributed by atoms with van der Waals surface area (Å²) in [6.07, 6.45) is 2.84. The average Bonchev–Trinajstić information content (AvgIpc) is 2.91. The van der Waals surface area contributed by atoms with Crippen LogP contribution in [0.25, 0.3) is 0 Å². The number of benzene rings is 2. The molecule has 1 atom stereocenters. The summed E-state index contributed by atoms with van der Waals surface area (Å²) in [4.78, 5) is 12.6. The molecule has 1 aliphatic rings. The minimum atomic E-state index is -0.192. The Kier molecular flexibility index (Phi) is 4.80. The van der Waals surface area contributed by atoms with E-state index in [1.807, 2.05) is 0 Å². The van der Waals surface area contributed by atoms with Crippen molar-refractivity contribution in [3.05, 3.63) is 71.3 Å². The normalized spacial score (nSPS) is 21.2. The van der Waals surface area contributed by atoms with Gasteiger partial charge in [0.25, 0.3) is 0 Å². The van der Waals surface area contributed by atoms with Gasteiger partial charge >= 0.3 is 139 Å². The van der Waals surface area contributed by atoms with Gasteiger partial charge in [0, 0.05) is 0 Å². The van der Waals surface area contributed by atoms with E-state index in [2.05, 4.69) is 61.5 Å². The van der Waals surface area contributed by atoms with Crippen LogP contribution >= 0.6 is 0 Å². The van der Waals surface area contributed by atoms with Crippen molar-refractivity contribution in [2.75, 3.05) is 0 Å². The summed E-state index contributed by atoms with van der Waals surface area (Å²) >= 11 is 0.465. The van der Waals surface area contributed by atoms with Crippen LogP contribution in [0.5, 0.6) is 0 Å². The third-order valence-electron chi connectivity index (χ3n) is 4.61. The number of rotatable bonds is 5. The molecule has 114 valence electrons. The van der Waals surface area contributed by atoms with Gasteiger partial charge < -0.3 is 0 Å². The number of hydrogen-bond acceptors (Lipinski definition) is 1. The second-order valence-electron chi connectivity index (χ2n) is 6.20. The third kappa shape index (κ3) is 3.19. The van der Waals surface area contributed by atoms with Crippen LogP contribution in [0.1, 0.15) is 36.0 Å². The second-order valence-corrected chi connectivity index (χ2v) is 8.27. The van der Waals surface area contributed by atoms with Gasteiger partial charge in [-0.2, -0.15) is 0 Å². The first kappa shape index (κ1) is 15.5. The molecule has 0 N–H and O–H groups in total. The number of Topliss-reactive ketones (excluding diaryl/α,β-unsaturated/α-hetero) is 1. The molecular formula is C20H22OSe. The van der Waals surface area contributed by atoms with Crippen molar-refractivity contribution in [3.8, 4) is 0 Å². The first-order chi connectivity index (χ1) is 10.7. The van der Waals surface area contributed by atoms with Crippen LogP contribution in [0.3, 0.4) is 0 Å². The number of aryl methyl sites for hydroxylation is 1. The molecule has 0 bridgehead atoms. The fourth-order valence-electron chi connectivity index (χ4n) is 3.26. The molecule has 1 aliphatic carbocycles. The molecule has 0 aliphatic heterocycles. The van der Waals surface area contributed by atoms with Crippen molar-refractivity contribution in [2.24, 2.45) is 0 Å². The third-order valence-corrected chi connectivity index (χ3v) is 7.20. The molecule has 3 rings (SSSR count). The zero-order valence-electron chi connectivity index (χ0n) is 13.0. The van der Waals surface area contributed by atoms with E-state index in [-0.39, 0.29) is 5.41 Å². The van der Waals surface area contributed by atoms with Crippen molar-refractivity contribution in [2.45, 2.75) is 42.2 Å². The Morgan fingerprint density at radius 2 is 1.77 bits per heavy atom. The van der Waals surface area contributed by atoms with Gasteiger partial charge in [-0.3, -0.25) is 0 Å². The quantitative estimate of drug-likeness (QED) is 0.729. The summed E-state index contributed by atoms with van der Waals surface area (Å²) in [5.74, 6) is 0.464. The van der Waals surface area contributed by atoms with Crippen LogP contribution in [-0.2, 0) is 15.5 Å². The van der Waals surface area contributed by atoms with Crippen LogP contribution in [0.4, 0.5) is 0 Å². The first-order valence-electron chi connectivity index (χ1n) is 7.93. The molecular weight excluding hydrogens is 335 g/mol. The summed E-state index contributed by atoms with van der Waals surface area (Å²) < 4.78 is 0. The van der Waals surface area contributed by atoms with Crippen molar-refractivity contribution in [1.82, 2.24) is 0 Å². The zero-order valence-corrected chi connectivity index (χ0v) is 14.8. The van der Waals surface area contributed by atoms with E-state index in [0.717, 1.165) is 29.9 Å². The van der Waals surface area contributed by atoms with Crippen LogP contribution in [0, 0.1) is 6.92 Å². The Hall–Kier alpha value is -1.37. The van der Waals surface area contributed by atoms with Crippen molar-refractivity contribution in [3.63, 3.8) is 0 Å². The predicted octanol–water partition coefficient (Wildman–Crippen LogP) is 4.31. The van der Waals surface area contributed by atoms with E-state index < -0.39 is 0 Å². The standard InChI is InChI=1S/C20H22OSe/c1-16-9-11-18(12-10-16)20(13-5-8-19(20)21)15-22-14-17-6-3-2-4-7-17/h2-4,6-7,9-12H,5,8,13-15H2,1H3. The number of hydrogen-bond donors (Lipinski definition) is 0. The Bertz CT molecular complexity index is 633. The van der Waals surface area contributed by atoms with Crippen LogP contribution in [-0.4, -0.2) is 20.7 Å². The van der Waals surface area contributed by atoms with Crippen molar-refractivity contribution in [1.29, 1.82) is 0 Å². The van der Waals surface area contributed by atoms with Gasteiger partial charge in [0.2, 0.25) is 0 Å². The number of carbonyl (C=O) groups excluding carboxylic acids is 1. The maximum absolute atomic E-state index is 12.6. The minimum absolute atomic E-state index is 0.192. The van der Waals surface area contributed by atoms with E-state index in [4.69, 9.17) is 0 Å². The molecule has 2 heteroatoms. The Morgan fingerprint density at radius 1 is 1.05 bits per heavy atom. The Labute approximate surface area is 139 Å². The van der Waals surface area contributed by atoms with Gasteiger partial charge in [-0.1, -0.05) is 0 Å². The Balaban J connectivity index is 1.76. The molecule has 1 fully saturated rings. The number of ketones is 1. The van der Waals surface area contributed by atoms with Gasteiger partial charge in [0.15, 0.2) is 0 Å².